The standard InChI is InChI=1S/C22H26N2O4/c1-23(12-7-13-28-19-9-4-3-5-10-19)22(26)17-14-21(25)24(16-17)18-8-6-11-20(15-18)27-2/h3-6,8-11,15,17H,7,12-14,16H2,1-2H3. The van der Waals surface area contributed by atoms with Crippen LogP contribution in [0.15, 0.2) is 54.6 Å². The van der Waals surface area contributed by atoms with E-state index in [9.17, 15) is 9.59 Å². The van der Waals surface area contributed by atoms with Crippen molar-refractivity contribution in [2.45, 2.75) is 12.8 Å². The predicted molar refractivity (Wildman–Crippen MR) is 108 cm³/mol. The lowest BCUT2D eigenvalue weighted by molar-refractivity contribution is -0.134. The lowest BCUT2D eigenvalue weighted by atomic mass is 10.1. The maximum absolute atomic E-state index is 12.7. The molecule has 1 heterocycles. The van der Waals surface area contributed by atoms with E-state index in [0.29, 0.717) is 25.4 Å². The Morgan fingerprint density at radius 2 is 1.89 bits per heavy atom. The van der Waals surface area contributed by atoms with E-state index in [1.165, 1.54) is 0 Å². The molecule has 28 heavy (non-hydrogen) atoms. The molecule has 148 valence electrons. The fourth-order valence-electron chi connectivity index (χ4n) is 3.33. The third kappa shape index (κ3) is 4.82. The molecule has 0 aliphatic carbocycles. The average Bonchev–Trinajstić information content (AvgIpc) is 3.13. The summed E-state index contributed by atoms with van der Waals surface area (Å²) in [7, 11) is 3.37. The van der Waals surface area contributed by atoms with Crippen molar-refractivity contribution in [3.63, 3.8) is 0 Å². The molecule has 0 saturated carbocycles. The molecule has 0 N–H and O–H groups in total. The fraction of sp³-hybridized carbons (Fsp3) is 0.364. The van der Waals surface area contributed by atoms with Crippen molar-refractivity contribution in [1.82, 2.24) is 4.90 Å². The number of carbonyl (C=O) groups excluding carboxylic acids is 2. The Hall–Kier alpha value is -3.02. The summed E-state index contributed by atoms with van der Waals surface area (Å²) in [6, 6.07) is 17.0. The summed E-state index contributed by atoms with van der Waals surface area (Å²) in [6.07, 6.45) is 0.971. The third-order valence-electron chi connectivity index (χ3n) is 4.87. The van der Waals surface area contributed by atoms with Crippen LogP contribution in [0.2, 0.25) is 0 Å². The van der Waals surface area contributed by atoms with Gasteiger partial charge in [0.25, 0.3) is 0 Å². The maximum atomic E-state index is 12.7. The van der Waals surface area contributed by atoms with Crippen molar-refractivity contribution in [1.29, 1.82) is 0 Å². The molecule has 0 spiro atoms. The Morgan fingerprint density at radius 1 is 1.14 bits per heavy atom. The molecule has 2 amide bonds. The van der Waals surface area contributed by atoms with Crippen molar-refractivity contribution in [2.75, 3.05) is 38.8 Å². The molecule has 2 aromatic rings. The van der Waals surface area contributed by atoms with E-state index in [1.54, 1.807) is 24.0 Å². The molecule has 1 saturated heterocycles. The monoisotopic (exact) mass is 382 g/mol. The minimum Gasteiger partial charge on any atom is -0.497 e. The first kappa shape index (κ1) is 19.7. The van der Waals surface area contributed by atoms with Crippen LogP contribution in [-0.2, 0) is 9.59 Å². The molecule has 2 aromatic carbocycles. The summed E-state index contributed by atoms with van der Waals surface area (Å²) in [4.78, 5) is 28.5. The average molecular weight is 382 g/mol. The number of anilines is 1. The van der Waals surface area contributed by atoms with E-state index in [-0.39, 0.29) is 24.2 Å². The summed E-state index contributed by atoms with van der Waals surface area (Å²) < 4.78 is 10.9. The number of benzene rings is 2. The van der Waals surface area contributed by atoms with Crippen molar-refractivity contribution in [2.24, 2.45) is 5.92 Å². The number of methoxy groups -OCH3 is 1. The summed E-state index contributed by atoms with van der Waals surface area (Å²) in [5.74, 6) is 1.16. The van der Waals surface area contributed by atoms with Gasteiger partial charge in [-0.1, -0.05) is 24.3 Å². The number of nitrogens with zero attached hydrogens (tertiary/aromatic N) is 2. The van der Waals surface area contributed by atoms with Gasteiger partial charge in [-0.3, -0.25) is 9.59 Å². The first-order valence-electron chi connectivity index (χ1n) is 9.45. The van der Waals surface area contributed by atoms with E-state index in [1.807, 2.05) is 54.6 Å². The van der Waals surface area contributed by atoms with Gasteiger partial charge in [0.1, 0.15) is 11.5 Å². The normalized spacial score (nSPS) is 16.1. The largest absolute Gasteiger partial charge is 0.497 e. The second-order valence-corrected chi connectivity index (χ2v) is 6.88. The van der Waals surface area contributed by atoms with Crippen LogP contribution in [0.4, 0.5) is 5.69 Å². The van der Waals surface area contributed by atoms with E-state index in [2.05, 4.69) is 0 Å². The van der Waals surface area contributed by atoms with Crippen molar-refractivity contribution >= 4 is 17.5 Å². The van der Waals surface area contributed by atoms with Gasteiger partial charge in [0.2, 0.25) is 11.8 Å². The first-order chi connectivity index (χ1) is 13.6. The molecular weight excluding hydrogens is 356 g/mol. The molecule has 1 aliphatic rings. The molecular formula is C22H26N2O4. The van der Waals surface area contributed by atoms with Gasteiger partial charge >= 0.3 is 0 Å². The van der Waals surface area contributed by atoms with Gasteiger partial charge in [0.05, 0.1) is 19.6 Å². The predicted octanol–water partition coefficient (Wildman–Crippen LogP) is 2.98. The fourth-order valence-corrected chi connectivity index (χ4v) is 3.33. The van der Waals surface area contributed by atoms with Crippen LogP contribution in [0.1, 0.15) is 12.8 Å². The molecule has 0 radical (unpaired) electrons. The van der Waals surface area contributed by atoms with E-state index >= 15 is 0 Å². The number of carbonyl (C=O) groups is 2. The molecule has 1 aliphatic heterocycles. The second-order valence-electron chi connectivity index (χ2n) is 6.88. The number of hydrogen-bond donors (Lipinski definition) is 0. The van der Waals surface area contributed by atoms with Gasteiger partial charge in [0.15, 0.2) is 0 Å². The van der Waals surface area contributed by atoms with E-state index in [0.717, 1.165) is 17.9 Å². The van der Waals surface area contributed by atoms with E-state index in [4.69, 9.17) is 9.47 Å². The Morgan fingerprint density at radius 3 is 2.64 bits per heavy atom. The Balaban J connectivity index is 1.49. The lowest BCUT2D eigenvalue weighted by Gasteiger charge is -2.21. The molecule has 1 atom stereocenters. The van der Waals surface area contributed by atoms with Crippen LogP contribution >= 0.6 is 0 Å². The number of hydrogen-bond acceptors (Lipinski definition) is 4. The summed E-state index contributed by atoms with van der Waals surface area (Å²) in [5.41, 5.74) is 0.763. The van der Waals surface area contributed by atoms with Gasteiger partial charge in [0, 0.05) is 38.3 Å². The van der Waals surface area contributed by atoms with Crippen molar-refractivity contribution in [3.05, 3.63) is 54.6 Å². The van der Waals surface area contributed by atoms with Crippen LogP contribution in [0.25, 0.3) is 0 Å². The highest BCUT2D eigenvalue weighted by Crippen LogP contribution is 2.28. The SMILES string of the molecule is COc1cccc(N2CC(C(=O)N(C)CCCOc3ccccc3)CC2=O)c1. The zero-order valence-corrected chi connectivity index (χ0v) is 16.3. The molecule has 1 unspecified atom stereocenters. The smallest absolute Gasteiger partial charge is 0.227 e. The summed E-state index contributed by atoms with van der Waals surface area (Å²) >= 11 is 0. The van der Waals surface area contributed by atoms with E-state index < -0.39 is 0 Å². The van der Waals surface area contributed by atoms with Crippen LogP contribution in [0, 0.1) is 5.92 Å². The second kappa shape index (κ2) is 9.26. The first-order valence-corrected chi connectivity index (χ1v) is 9.45. The van der Waals surface area contributed by atoms with Gasteiger partial charge in [-0.05, 0) is 30.7 Å². The highest BCUT2D eigenvalue weighted by atomic mass is 16.5. The minimum absolute atomic E-state index is 0.00143. The van der Waals surface area contributed by atoms with Crippen LogP contribution in [-0.4, -0.2) is 50.6 Å². The van der Waals surface area contributed by atoms with Gasteiger partial charge < -0.3 is 19.3 Å². The zero-order valence-electron chi connectivity index (χ0n) is 16.3. The van der Waals surface area contributed by atoms with Crippen LogP contribution in [0.5, 0.6) is 11.5 Å². The van der Waals surface area contributed by atoms with Gasteiger partial charge in [-0.15, -0.1) is 0 Å². The number of rotatable bonds is 8. The number of amides is 2. The Kier molecular flexibility index (Phi) is 6.53. The zero-order chi connectivity index (χ0) is 19.9. The highest BCUT2D eigenvalue weighted by molar-refractivity contribution is 6.00. The molecule has 6 nitrogen and oxygen atoms in total. The number of para-hydroxylation sites is 1. The van der Waals surface area contributed by atoms with Gasteiger partial charge in [-0.2, -0.15) is 0 Å². The Bertz CT molecular complexity index is 809. The maximum Gasteiger partial charge on any atom is 0.227 e. The molecule has 0 aromatic heterocycles. The molecule has 3 rings (SSSR count). The molecule has 1 fully saturated rings. The quantitative estimate of drug-likeness (QED) is 0.659. The highest BCUT2D eigenvalue weighted by Gasteiger charge is 2.36. The van der Waals surface area contributed by atoms with Crippen molar-refractivity contribution in [3.8, 4) is 11.5 Å². The van der Waals surface area contributed by atoms with Crippen molar-refractivity contribution < 1.29 is 19.1 Å². The van der Waals surface area contributed by atoms with Gasteiger partial charge in [-0.25, -0.2) is 0 Å². The summed E-state index contributed by atoms with van der Waals surface area (Å²) in [5, 5.41) is 0. The minimum atomic E-state index is -0.321. The molecule has 6 heteroatoms. The molecule has 0 bridgehead atoms. The topological polar surface area (TPSA) is 59.1 Å². The number of ether oxygens (including phenoxy) is 2. The van der Waals surface area contributed by atoms with Crippen LogP contribution in [0.3, 0.4) is 0 Å². The summed E-state index contributed by atoms with van der Waals surface area (Å²) in [6.45, 7) is 1.53. The lowest BCUT2D eigenvalue weighted by Crippen LogP contribution is -2.35. The Labute approximate surface area is 165 Å². The van der Waals surface area contributed by atoms with Crippen LogP contribution < -0.4 is 14.4 Å². The third-order valence-corrected chi connectivity index (χ3v) is 4.87.